The topological polar surface area (TPSA) is 361 Å². The van der Waals surface area contributed by atoms with Gasteiger partial charge in [-0.1, -0.05) is 168 Å². The lowest BCUT2D eigenvalue weighted by Crippen LogP contribution is -2.37. The van der Waals surface area contributed by atoms with Crippen LogP contribution in [0.1, 0.15) is 287 Å². The van der Waals surface area contributed by atoms with Gasteiger partial charge in [0.2, 0.25) is 10.0 Å². The van der Waals surface area contributed by atoms with Crippen molar-refractivity contribution in [3.63, 3.8) is 0 Å². The first-order valence-electron chi connectivity index (χ1n) is 39.4. The van der Waals surface area contributed by atoms with Crippen molar-refractivity contribution in [2.24, 2.45) is 44.3 Å². The number of sulfonamides is 1. The molecule has 0 unspecified atom stereocenters. The number of nitro groups is 1. The Hall–Kier alpha value is -6.79. The van der Waals surface area contributed by atoms with E-state index in [4.69, 9.17) is 14.6 Å². The number of hydrogen-bond donors (Lipinski definition) is 7. The van der Waals surface area contributed by atoms with Crippen LogP contribution in [0.4, 0.5) is 21.0 Å². The lowest BCUT2D eigenvalue weighted by atomic mass is 9.90. The maximum absolute atomic E-state index is 11.2. The van der Waals surface area contributed by atoms with Crippen molar-refractivity contribution in [3.8, 4) is 0 Å². The van der Waals surface area contributed by atoms with E-state index >= 15 is 0 Å². The number of methoxy groups -OCH3 is 1. The predicted octanol–water partition coefficient (Wildman–Crippen LogP) is 15.6. The Morgan fingerprint density at radius 1 is 0.591 bits per heavy atom. The fourth-order valence-electron chi connectivity index (χ4n) is 9.27. The van der Waals surface area contributed by atoms with Crippen LogP contribution in [0, 0.1) is 54.4 Å². The summed E-state index contributed by atoms with van der Waals surface area (Å²) in [5.74, 6) is 1.78. The highest BCUT2D eigenvalue weighted by Gasteiger charge is 2.20. The average Bonchev–Trinajstić information content (AvgIpc) is 0.939. The Balaban J connectivity index is -0.000000586. The smallest absolute Gasteiger partial charge is 0.406 e. The molecular weight excluding hydrogens is 1420 g/mol. The molecule has 0 fully saturated rings. The number of nitrogens with zero attached hydrogens (tertiary/aromatic N) is 11. The number of rotatable bonds is 35. The van der Waals surface area contributed by atoms with Gasteiger partial charge in [0.15, 0.2) is 5.82 Å². The van der Waals surface area contributed by atoms with Gasteiger partial charge in [0.25, 0.3) is 17.1 Å². The fourth-order valence-corrected chi connectivity index (χ4v) is 9.73. The summed E-state index contributed by atoms with van der Waals surface area (Å²) < 4.78 is 43.8. The third-order valence-corrected chi connectivity index (χ3v) is 16.9. The van der Waals surface area contributed by atoms with E-state index in [0.29, 0.717) is 93.5 Å². The van der Waals surface area contributed by atoms with Crippen LogP contribution >= 0.6 is 0 Å². The van der Waals surface area contributed by atoms with Crippen molar-refractivity contribution in [3.05, 3.63) is 78.8 Å². The molecule has 0 bridgehead atoms. The molecule has 1 aromatic carbocycles. The van der Waals surface area contributed by atoms with E-state index < -0.39 is 25.8 Å². The number of ether oxygens (including phenoxy) is 3. The first kappa shape index (κ1) is 110. The van der Waals surface area contributed by atoms with Crippen molar-refractivity contribution in [2.45, 2.75) is 314 Å². The highest BCUT2D eigenvalue weighted by Crippen LogP contribution is 2.25. The second-order valence-electron chi connectivity index (χ2n) is 36.7. The van der Waals surface area contributed by atoms with Crippen LogP contribution in [0.15, 0.2) is 46.4 Å². The van der Waals surface area contributed by atoms with Crippen molar-refractivity contribution in [2.75, 3.05) is 85.0 Å². The van der Waals surface area contributed by atoms with Gasteiger partial charge >= 0.3 is 12.2 Å². The first-order chi connectivity index (χ1) is 50.4. The number of amides is 2. The number of nitrogens with one attached hydrogen (secondary N) is 6. The monoisotopic (exact) mass is 1580 g/mol. The summed E-state index contributed by atoms with van der Waals surface area (Å²) in [6.07, 6.45) is 26.2. The van der Waals surface area contributed by atoms with Crippen molar-refractivity contribution >= 4 is 33.6 Å². The summed E-state index contributed by atoms with van der Waals surface area (Å²) in [5, 5.41) is 59.1. The quantitative estimate of drug-likeness (QED) is 0.00973. The largest absolute Gasteiger partial charge is 0.453 e. The van der Waals surface area contributed by atoms with E-state index in [-0.39, 0.29) is 24.4 Å². The van der Waals surface area contributed by atoms with Crippen molar-refractivity contribution < 1.29 is 42.2 Å². The number of aliphatic hydroxyl groups excluding tert-OH is 1. The molecule has 0 aliphatic heterocycles. The summed E-state index contributed by atoms with van der Waals surface area (Å²) in [6.45, 7) is 61.2. The summed E-state index contributed by atoms with van der Waals surface area (Å²) >= 11 is 0. The summed E-state index contributed by atoms with van der Waals surface area (Å²) in [5.41, 5.74) is 3.63. The van der Waals surface area contributed by atoms with Gasteiger partial charge in [0.05, 0.1) is 62.3 Å². The minimum atomic E-state index is -2.97. The lowest BCUT2D eigenvalue weighted by Gasteiger charge is -2.18. The SMILES string of the molecule is CC(C)(C)CCCn1cc(CO)nn1.CC(C)(C)CCCn1cc(COC(C)(C)C)nn1.CC(C)(C)CCCn1ccnn1.CC(C)CCCN(C)S(C)(=O)=O.CN/C(=C\[N+](=O)[O-])NCCCC(C)C.CNC(=O)OCCCC(C)(C)C.CNc1c(NCCCC(C)(C)C)c(=O)c1=O.COC(=O)NCCCC(C)(C)C. The van der Waals surface area contributed by atoms with Crippen LogP contribution in [0.2, 0.25) is 0 Å². The van der Waals surface area contributed by atoms with Gasteiger partial charge in [-0.3, -0.25) is 33.7 Å². The Kier molecular flexibility index (Phi) is 57.0. The molecule has 0 saturated heterocycles. The molecule has 0 atom stereocenters. The molecule has 3 aromatic heterocycles. The molecule has 0 aliphatic rings. The zero-order valence-electron chi connectivity index (χ0n) is 74.7. The molecule has 642 valence electrons. The minimum Gasteiger partial charge on any atom is -0.453 e. The molecule has 30 heteroatoms. The van der Waals surface area contributed by atoms with E-state index in [9.17, 15) is 37.7 Å². The number of aromatic nitrogens is 9. The fraction of sp³-hybridized carbons (Fsp3) is 0.825. The number of hydrogen-bond acceptors (Lipinski definition) is 22. The number of aryl methyl sites for hydroxylation is 3. The van der Waals surface area contributed by atoms with Gasteiger partial charge < -0.3 is 51.2 Å². The van der Waals surface area contributed by atoms with E-state index in [1.54, 1.807) is 45.3 Å². The molecule has 4 rings (SSSR count). The molecule has 110 heavy (non-hydrogen) atoms. The predicted molar refractivity (Wildman–Crippen MR) is 451 cm³/mol. The maximum atomic E-state index is 11.2. The van der Waals surface area contributed by atoms with Gasteiger partial charge in [-0.05, 0) is 168 Å². The van der Waals surface area contributed by atoms with Gasteiger partial charge in [-0.25, -0.2) is 22.3 Å². The molecule has 7 N–H and O–H groups in total. The Bertz CT molecular complexity index is 3170. The number of anilines is 2. The van der Waals surface area contributed by atoms with Gasteiger partial charge in [-0.2, -0.15) is 0 Å². The lowest BCUT2D eigenvalue weighted by molar-refractivity contribution is -0.404. The van der Waals surface area contributed by atoms with E-state index in [0.717, 1.165) is 122 Å². The molecule has 4 aromatic rings. The molecule has 3 heterocycles. The standard InChI is InChI=1S/C14H27N3O.C12H20N2O2.C10H19N3O.C9H19N3O2.C9H17N3.2C9H19NO2.C8H19NO2S/c1-13(2,3)8-7-9-17-10-12(15-16-17)11-18-14(4,5)6;1-12(2,3)6-5-7-14-9-8(13-4)10(15)11(9)16;1-10(2,3)5-4-6-13-7-9(8-14)11-12-13;1-8(2)5-4-6-11-9(10-3)7-12(13)14;1-9(2,3)5-4-7-12-8-6-10-11-12;1-9(2,3)6-5-7-10-8(11)12-4;1-9(2,3)6-5-7-12-8(11)10-4;1-8(2)6-5-7-9(3)12(4,10)11/h10H,7-9,11H2,1-6H3;13-14H,5-7H2,1-4H3;7,14H,4-6,8H2,1-3H3;7-8,10-11H,4-6H2,1-3H3;6,8H,4-5,7H2,1-3H3;2*5-7H2,1-4H3,(H,10,11);8H,5-7H2,1-4H3/b;;;9-7+;;;;. The third-order valence-electron chi connectivity index (χ3n) is 15.6. The number of alkyl carbamates (subject to hydrolysis) is 2. The normalized spacial score (nSPS) is 11.9. The summed E-state index contributed by atoms with van der Waals surface area (Å²) in [4.78, 5) is 53.2. The van der Waals surface area contributed by atoms with Crippen LogP contribution in [0.25, 0.3) is 0 Å². The number of carbonyl (C=O) groups excluding carboxylic acids is 2. The van der Waals surface area contributed by atoms with Crippen LogP contribution in [0.3, 0.4) is 0 Å². The molecule has 0 spiro atoms. The van der Waals surface area contributed by atoms with E-state index in [1.165, 1.54) is 43.4 Å². The van der Waals surface area contributed by atoms with Crippen molar-refractivity contribution in [1.29, 1.82) is 0 Å². The molecule has 2 amide bonds. The molecule has 0 aliphatic carbocycles. The molecule has 0 radical (unpaired) electrons. The molecule has 0 saturated carbocycles. The van der Waals surface area contributed by atoms with E-state index in [2.05, 4.69) is 220 Å². The summed E-state index contributed by atoms with van der Waals surface area (Å²) in [7, 11) is 4.90. The van der Waals surface area contributed by atoms with Gasteiger partial charge in [0, 0.05) is 80.2 Å². The van der Waals surface area contributed by atoms with Crippen LogP contribution in [0.5, 0.6) is 0 Å². The highest BCUT2D eigenvalue weighted by atomic mass is 32.2. The Labute approximate surface area is 665 Å². The van der Waals surface area contributed by atoms with Crippen molar-refractivity contribution in [1.82, 2.24) is 70.6 Å². The minimum absolute atomic E-state index is 0.0285. The van der Waals surface area contributed by atoms with E-state index in [1.807, 2.05) is 42.5 Å². The molecule has 29 nitrogen and oxygen atoms in total. The Morgan fingerprint density at radius 3 is 1.41 bits per heavy atom. The summed E-state index contributed by atoms with van der Waals surface area (Å²) in [6, 6.07) is 0. The number of aliphatic hydroxyl groups is 1. The number of carbonyl (C=O) groups is 2. The zero-order valence-corrected chi connectivity index (χ0v) is 75.5. The third kappa shape index (κ3) is 72.7. The van der Waals surface area contributed by atoms with Gasteiger partial charge in [0.1, 0.15) is 22.8 Å². The van der Waals surface area contributed by atoms with Crippen LogP contribution in [-0.4, -0.2) is 160 Å². The highest BCUT2D eigenvalue weighted by molar-refractivity contribution is 7.88. The Morgan fingerprint density at radius 2 is 1.02 bits per heavy atom. The second kappa shape index (κ2) is 57.3. The van der Waals surface area contributed by atoms with Crippen LogP contribution < -0.4 is 42.8 Å². The zero-order chi connectivity index (χ0) is 85.8. The van der Waals surface area contributed by atoms with Crippen LogP contribution in [-0.2, 0) is 57.1 Å². The second-order valence-corrected chi connectivity index (χ2v) is 38.8. The average molecular weight is 1580 g/mol. The maximum Gasteiger partial charge on any atom is 0.406 e. The molecular formula is C80H159N17O12S. The first-order valence-corrected chi connectivity index (χ1v) is 41.2. The van der Waals surface area contributed by atoms with Gasteiger partial charge in [-0.15, -0.1) is 15.3 Å².